The highest BCUT2D eigenvalue weighted by Gasteiger charge is 2.22. The van der Waals surface area contributed by atoms with Crippen molar-refractivity contribution in [1.29, 1.82) is 0 Å². The topological polar surface area (TPSA) is 66.5 Å². The monoisotopic (exact) mass is 413 g/mol. The van der Waals surface area contributed by atoms with E-state index >= 15 is 0 Å². The summed E-state index contributed by atoms with van der Waals surface area (Å²) < 4.78 is 5.11. The summed E-state index contributed by atoms with van der Waals surface area (Å²) in [5.74, 6) is 2.03. The van der Waals surface area contributed by atoms with Crippen LogP contribution in [0.1, 0.15) is 24.2 Å². The Bertz CT molecular complexity index is 655. The molecule has 22 heavy (non-hydrogen) atoms. The first-order chi connectivity index (χ1) is 10.3. The molecule has 1 N–H and O–H groups in total. The minimum Gasteiger partial charge on any atom is -0.356 e. The molecule has 0 fully saturated rings. The number of aromatic nitrogens is 2. The molecule has 118 valence electrons. The molecule has 0 unspecified atom stereocenters. The maximum atomic E-state index is 5.11. The third-order valence-corrected chi connectivity index (χ3v) is 3.41. The summed E-state index contributed by atoms with van der Waals surface area (Å²) in [6.07, 6.45) is 1.04. The van der Waals surface area contributed by atoms with Crippen molar-refractivity contribution in [3.05, 3.63) is 41.5 Å². The SMILES string of the molecule is CCNC(=NCc1nc(C)no1)N1CCc2ccccc21.I. The third-order valence-electron chi connectivity index (χ3n) is 3.41. The molecule has 0 atom stereocenters. The van der Waals surface area contributed by atoms with Gasteiger partial charge >= 0.3 is 0 Å². The Morgan fingerprint density at radius 1 is 1.41 bits per heavy atom. The fourth-order valence-electron chi connectivity index (χ4n) is 2.50. The first-order valence-electron chi connectivity index (χ1n) is 7.21. The van der Waals surface area contributed by atoms with Gasteiger partial charge in [-0.15, -0.1) is 24.0 Å². The molecular weight excluding hydrogens is 393 g/mol. The van der Waals surface area contributed by atoms with Crippen molar-refractivity contribution in [3.63, 3.8) is 0 Å². The highest BCUT2D eigenvalue weighted by atomic mass is 127. The number of fused-ring (bicyclic) bond motifs is 1. The molecule has 1 aromatic carbocycles. The molecule has 0 saturated carbocycles. The molecule has 2 aromatic rings. The summed E-state index contributed by atoms with van der Waals surface area (Å²) in [6.45, 7) is 6.02. The smallest absolute Gasteiger partial charge is 0.248 e. The quantitative estimate of drug-likeness (QED) is 0.476. The maximum Gasteiger partial charge on any atom is 0.248 e. The van der Waals surface area contributed by atoms with E-state index in [2.05, 4.69) is 56.5 Å². The molecular formula is C15H20IN5O. The summed E-state index contributed by atoms with van der Waals surface area (Å²) in [7, 11) is 0. The van der Waals surface area contributed by atoms with Crippen molar-refractivity contribution >= 4 is 35.6 Å². The van der Waals surface area contributed by atoms with E-state index in [0.29, 0.717) is 18.3 Å². The Morgan fingerprint density at radius 2 is 2.23 bits per heavy atom. The molecule has 0 amide bonds. The lowest BCUT2D eigenvalue weighted by atomic mass is 10.2. The summed E-state index contributed by atoms with van der Waals surface area (Å²) >= 11 is 0. The van der Waals surface area contributed by atoms with Gasteiger partial charge in [0.15, 0.2) is 11.8 Å². The number of benzene rings is 1. The highest BCUT2D eigenvalue weighted by molar-refractivity contribution is 14.0. The standard InChI is InChI=1S/C15H19N5O.HI/c1-3-16-15(17-10-14-18-11(2)19-21-14)20-9-8-12-6-4-5-7-13(12)20;/h4-7H,3,8-10H2,1-2H3,(H,16,17);1H. The molecule has 3 rings (SSSR count). The normalized spacial score (nSPS) is 13.7. The van der Waals surface area contributed by atoms with Gasteiger partial charge in [-0.05, 0) is 31.9 Å². The van der Waals surface area contributed by atoms with Gasteiger partial charge in [0.2, 0.25) is 5.89 Å². The largest absolute Gasteiger partial charge is 0.356 e. The second-order valence-corrected chi connectivity index (χ2v) is 4.94. The molecule has 1 aliphatic heterocycles. The Labute approximate surface area is 147 Å². The van der Waals surface area contributed by atoms with Crippen molar-refractivity contribution in [3.8, 4) is 0 Å². The van der Waals surface area contributed by atoms with Crippen molar-refractivity contribution in [2.24, 2.45) is 4.99 Å². The first-order valence-corrected chi connectivity index (χ1v) is 7.21. The Kier molecular flexibility index (Phi) is 5.76. The average molecular weight is 413 g/mol. The number of aliphatic imine (C=N–C) groups is 1. The molecule has 2 heterocycles. The van der Waals surface area contributed by atoms with Crippen LogP contribution in [0.3, 0.4) is 0 Å². The lowest BCUT2D eigenvalue weighted by Gasteiger charge is -2.22. The predicted molar refractivity (Wildman–Crippen MR) is 96.8 cm³/mol. The van der Waals surface area contributed by atoms with E-state index in [1.165, 1.54) is 11.3 Å². The fraction of sp³-hybridized carbons (Fsp3) is 0.400. The van der Waals surface area contributed by atoms with Gasteiger partial charge in [0.1, 0.15) is 6.54 Å². The molecule has 0 radical (unpaired) electrons. The van der Waals surface area contributed by atoms with Crippen LogP contribution in [-0.4, -0.2) is 29.2 Å². The van der Waals surface area contributed by atoms with Crippen molar-refractivity contribution in [2.45, 2.75) is 26.8 Å². The van der Waals surface area contributed by atoms with E-state index in [9.17, 15) is 0 Å². The van der Waals surface area contributed by atoms with Gasteiger partial charge in [0.25, 0.3) is 0 Å². The zero-order chi connectivity index (χ0) is 14.7. The van der Waals surface area contributed by atoms with Gasteiger partial charge < -0.3 is 14.7 Å². The Morgan fingerprint density at radius 3 is 2.95 bits per heavy atom. The zero-order valence-electron chi connectivity index (χ0n) is 12.7. The van der Waals surface area contributed by atoms with E-state index in [-0.39, 0.29) is 24.0 Å². The van der Waals surface area contributed by atoms with Crippen LogP contribution in [-0.2, 0) is 13.0 Å². The minimum atomic E-state index is 0. The molecule has 1 aromatic heterocycles. The number of hydrogen-bond donors (Lipinski definition) is 1. The van der Waals surface area contributed by atoms with Gasteiger partial charge in [-0.25, -0.2) is 4.99 Å². The fourth-order valence-corrected chi connectivity index (χ4v) is 2.50. The summed E-state index contributed by atoms with van der Waals surface area (Å²) in [5, 5.41) is 7.11. The van der Waals surface area contributed by atoms with Crippen molar-refractivity contribution < 1.29 is 4.52 Å². The van der Waals surface area contributed by atoms with Gasteiger partial charge in [0, 0.05) is 18.8 Å². The lowest BCUT2D eigenvalue weighted by Crippen LogP contribution is -2.40. The summed E-state index contributed by atoms with van der Waals surface area (Å²) in [6, 6.07) is 8.43. The zero-order valence-corrected chi connectivity index (χ0v) is 15.1. The van der Waals surface area contributed by atoms with Gasteiger partial charge in [-0.1, -0.05) is 23.4 Å². The number of aryl methyl sites for hydroxylation is 1. The predicted octanol–water partition coefficient (Wildman–Crippen LogP) is 2.52. The van der Waals surface area contributed by atoms with Crippen LogP contribution in [0.2, 0.25) is 0 Å². The van der Waals surface area contributed by atoms with Crippen LogP contribution >= 0.6 is 24.0 Å². The van der Waals surface area contributed by atoms with Crippen LogP contribution < -0.4 is 10.2 Å². The second-order valence-electron chi connectivity index (χ2n) is 4.94. The summed E-state index contributed by atoms with van der Waals surface area (Å²) in [4.78, 5) is 11.0. The molecule has 1 aliphatic rings. The van der Waals surface area contributed by atoms with Crippen LogP contribution in [0, 0.1) is 6.92 Å². The Balaban J connectivity index is 0.00000176. The van der Waals surface area contributed by atoms with Crippen LogP contribution in [0.15, 0.2) is 33.8 Å². The number of guanidine groups is 1. The van der Waals surface area contributed by atoms with Gasteiger partial charge in [-0.3, -0.25) is 0 Å². The average Bonchev–Trinajstić information content (AvgIpc) is 3.10. The van der Waals surface area contributed by atoms with Crippen molar-refractivity contribution in [2.75, 3.05) is 18.0 Å². The van der Waals surface area contributed by atoms with Crippen LogP contribution in [0.5, 0.6) is 0 Å². The molecule has 0 bridgehead atoms. The van der Waals surface area contributed by atoms with E-state index in [4.69, 9.17) is 4.52 Å². The first kappa shape index (κ1) is 16.7. The molecule has 7 heteroatoms. The molecule has 0 spiro atoms. The maximum absolute atomic E-state index is 5.11. The van der Waals surface area contributed by atoms with E-state index in [1.807, 2.05) is 0 Å². The number of halogens is 1. The number of para-hydroxylation sites is 1. The van der Waals surface area contributed by atoms with Crippen LogP contribution in [0.25, 0.3) is 0 Å². The van der Waals surface area contributed by atoms with Crippen molar-refractivity contribution in [1.82, 2.24) is 15.5 Å². The van der Waals surface area contributed by atoms with E-state index in [0.717, 1.165) is 25.5 Å². The van der Waals surface area contributed by atoms with E-state index < -0.39 is 0 Å². The number of nitrogens with one attached hydrogen (secondary N) is 1. The molecule has 0 aliphatic carbocycles. The minimum absolute atomic E-state index is 0. The molecule has 0 saturated heterocycles. The molecule has 6 nitrogen and oxygen atoms in total. The van der Waals surface area contributed by atoms with Gasteiger partial charge in [-0.2, -0.15) is 4.98 Å². The second kappa shape index (κ2) is 7.57. The van der Waals surface area contributed by atoms with Gasteiger partial charge in [0.05, 0.1) is 0 Å². The summed E-state index contributed by atoms with van der Waals surface area (Å²) in [5.41, 5.74) is 2.58. The number of nitrogens with zero attached hydrogens (tertiary/aromatic N) is 4. The number of hydrogen-bond acceptors (Lipinski definition) is 4. The highest BCUT2D eigenvalue weighted by Crippen LogP contribution is 2.27. The van der Waals surface area contributed by atoms with Crippen LogP contribution in [0.4, 0.5) is 5.69 Å². The lowest BCUT2D eigenvalue weighted by molar-refractivity contribution is 0.376. The Hall–Kier alpha value is -1.64. The number of anilines is 1. The number of rotatable bonds is 3. The third kappa shape index (κ3) is 3.57. The van der Waals surface area contributed by atoms with E-state index in [1.54, 1.807) is 6.92 Å².